The van der Waals surface area contributed by atoms with Gasteiger partial charge in [-0.15, -0.1) is 0 Å². The second-order valence-corrected chi connectivity index (χ2v) is 4.35. The van der Waals surface area contributed by atoms with Gasteiger partial charge in [0.15, 0.2) is 0 Å². The molecule has 1 amide bonds. The molecule has 0 bridgehead atoms. The van der Waals surface area contributed by atoms with Crippen LogP contribution in [0, 0.1) is 17.7 Å². The summed E-state index contributed by atoms with van der Waals surface area (Å²) in [6.07, 6.45) is 0. The van der Waals surface area contributed by atoms with Crippen molar-refractivity contribution in [3.05, 3.63) is 65.5 Å². The predicted octanol–water partition coefficient (Wildman–Crippen LogP) is 2.45. The Bertz CT molecular complexity index is 702. The van der Waals surface area contributed by atoms with E-state index >= 15 is 0 Å². The molecule has 2 aromatic rings. The number of halogens is 1. The SMILES string of the molecule is CN(C(=O)c1cc(F)ccc1C#CCO)c1ccccc1. The highest BCUT2D eigenvalue weighted by atomic mass is 19.1. The molecule has 106 valence electrons. The molecule has 0 unspecified atom stereocenters. The van der Waals surface area contributed by atoms with E-state index in [-0.39, 0.29) is 18.1 Å². The third-order valence-corrected chi connectivity index (χ3v) is 2.96. The zero-order valence-electron chi connectivity index (χ0n) is 11.5. The van der Waals surface area contributed by atoms with E-state index in [0.717, 1.165) is 6.07 Å². The number of nitrogens with zero attached hydrogens (tertiary/aromatic N) is 1. The van der Waals surface area contributed by atoms with Crippen molar-refractivity contribution in [1.82, 2.24) is 0 Å². The number of benzene rings is 2. The van der Waals surface area contributed by atoms with E-state index in [1.165, 1.54) is 17.0 Å². The molecule has 0 aliphatic carbocycles. The second-order valence-electron chi connectivity index (χ2n) is 4.35. The lowest BCUT2D eigenvalue weighted by molar-refractivity contribution is 0.0992. The van der Waals surface area contributed by atoms with Crippen molar-refractivity contribution >= 4 is 11.6 Å². The van der Waals surface area contributed by atoms with Crippen LogP contribution in [0.15, 0.2) is 48.5 Å². The number of aliphatic hydroxyl groups excluding tert-OH is 1. The lowest BCUT2D eigenvalue weighted by Gasteiger charge is -2.18. The van der Waals surface area contributed by atoms with Crippen molar-refractivity contribution in [3.8, 4) is 11.8 Å². The van der Waals surface area contributed by atoms with Gasteiger partial charge < -0.3 is 10.0 Å². The van der Waals surface area contributed by atoms with E-state index in [9.17, 15) is 9.18 Å². The molecule has 0 spiro atoms. The molecular formula is C17H14FNO2. The molecule has 0 aliphatic rings. The molecule has 0 saturated heterocycles. The first-order valence-corrected chi connectivity index (χ1v) is 6.36. The Hall–Kier alpha value is -2.64. The maximum absolute atomic E-state index is 13.4. The number of anilines is 1. The monoisotopic (exact) mass is 283 g/mol. The molecule has 0 radical (unpaired) electrons. The summed E-state index contributed by atoms with van der Waals surface area (Å²) in [5.74, 6) is 4.27. The van der Waals surface area contributed by atoms with Gasteiger partial charge in [0.1, 0.15) is 12.4 Å². The molecule has 1 N–H and O–H groups in total. The minimum atomic E-state index is -0.505. The number of hydrogen-bond donors (Lipinski definition) is 1. The van der Waals surface area contributed by atoms with Crippen LogP contribution in [0.4, 0.5) is 10.1 Å². The summed E-state index contributed by atoms with van der Waals surface area (Å²) in [5.41, 5.74) is 1.26. The zero-order valence-corrected chi connectivity index (χ0v) is 11.5. The number of para-hydroxylation sites is 1. The first kappa shape index (κ1) is 14.8. The topological polar surface area (TPSA) is 40.5 Å². The maximum atomic E-state index is 13.4. The largest absolute Gasteiger partial charge is 0.384 e. The van der Waals surface area contributed by atoms with E-state index in [0.29, 0.717) is 11.3 Å². The van der Waals surface area contributed by atoms with Gasteiger partial charge in [0.2, 0.25) is 0 Å². The Morgan fingerprint density at radius 1 is 1.24 bits per heavy atom. The molecule has 0 aromatic heterocycles. The van der Waals surface area contributed by atoms with Gasteiger partial charge >= 0.3 is 0 Å². The fraction of sp³-hybridized carbons (Fsp3) is 0.118. The normalized spacial score (nSPS) is 9.67. The van der Waals surface area contributed by atoms with Crippen molar-refractivity contribution in [3.63, 3.8) is 0 Å². The summed E-state index contributed by atoms with van der Waals surface area (Å²) in [7, 11) is 1.62. The highest BCUT2D eigenvalue weighted by Crippen LogP contribution is 2.18. The third-order valence-electron chi connectivity index (χ3n) is 2.96. The Morgan fingerprint density at radius 3 is 2.62 bits per heavy atom. The van der Waals surface area contributed by atoms with Crippen molar-refractivity contribution < 1.29 is 14.3 Å². The fourth-order valence-electron chi connectivity index (χ4n) is 1.89. The van der Waals surface area contributed by atoms with Crippen molar-refractivity contribution in [2.75, 3.05) is 18.6 Å². The van der Waals surface area contributed by atoms with Crippen LogP contribution in [-0.2, 0) is 0 Å². The first-order valence-electron chi connectivity index (χ1n) is 6.36. The molecule has 4 heteroatoms. The standard InChI is InChI=1S/C17H14FNO2/c1-19(15-7-3-2-4-8-15)17(21)16-12-14(18)10-9-13(16)6-5-11-20/h2-4,7-10,12,20H,11H2,1H3. The number of aliphatic hydroxyl groups is 1. The van der Waals surface area contributed by atoms with Gasteiger partial charge in [0.25, 0.3) is 5.91 Å². The van der Waals surface area contributed by atoms with Crippen molar-refractivity contribution in [1.29, 1.82) is 0 Å². The summed E-state index contributed by atoms with van der Waals surface area (Å²) < 4.78 is 13.4. The molecular weight excluding hydrogens is 269 g/mol. The van der Waals surface area contributed by atoms with Gasteiger partial charge in [0.05, 0.1) is 5.56 Å². The second kappa shape index (κ2) is 6.69. The van der Waals surface area contributed by atoms with Crippen LogP contribution in [0.25, 0.3) is 0 Å². The quantitative estimate of drug-likeness (QED) is 0.860. The van der Waals surface area contributed by atoms with Crippen LogP contribution >= 0.6 is 0 Å². The Labute approximate surface area is 122 Å². The van der Waals surface area contributed by atoms with Gasteiger partial charge in [-0.1, -0.05) is 30.0 Å². The van der Waals surface area contributed by atoms with Crippen LogP contribution in [0.3, 0.4) is 0 Å². The molecule has 2 aromatic carbocycles. The fourth-order valence-corrected chi connectivity index (χ4v) is 1.89. The van der Waals surface area contributed by atoms with Gasteiger partial charge in [-0.2, -0.15) is 0 Å². The molecule has 0 saturated carbocycles. The van der Waals surface area contributed by atoms with Gasteiger partial charge in [0, 0.05) is 18.3 Å². The summed E-state index contributed by atoms with van der Waals surface area (Å²) in [6.45, 7) is -0.320. The number of hydrogen-bond acceptors (Lipinski definition) is 2. The molecule has 21 heavy (non-hydrogen) atoms. The summed E-state index contributed by atoms with van der Waals surface area (Å²) in [6, 6.07) is 12.9. The average Bonchev–Trinajstić information content (AvgIpc) is 2.53. The molecule has 0 atom stereocenters. The first-order chi connectivity index (χ1) is 10.1. The number of carbonyl (C=O) groups is 1. The predicted molar refractivity (Wildman–Crippen MR) is 79.5 cm³/mol. The molecule has 0 fully saturated rings. The van der Waals surface area contributed by atoms with E-state index in [2.05, 4.69) is 11.8 Å². The summed E-state index contributed by atoms with van der Waals surface area (Å²) in [4.78, 5) is 13.9. The van der Waals surface area contributed by atoms with E-state index in [1.807, 2.05) is 18.2 Å². The molecule has 3 nitrogen and oxygen atoms in total. The van der Waals surface area contributed by atoms with E-state index in [1.54, 1.807) is 19.2 Å². The van der Waals surface area contributed by atoms with Crippen LogP contribution < -0.4 is 4.90 Å². The molecule has 2 rings (SSSR count). The lowest BCUT2D eigenvalue weighted by Crippen LogP contribution is -2.27. The number of carbonyl (C=O) groups excluding carboxylic acids is 1. The minimum Gasteiger partial charge on any atom is -0.384 e. The maximum Gasteiger partial charge on any atom is 0.259 e. The van der Waals surface area contributed by atoms with Crippen LogP contribution in [-0.4, -0.2) is 24.7 Å². The van der Waals surface area contributed by atoms with Crippen LogP contribution in [0.1, 0.15) is 15.9 Å². The Morgan fingerprint density at radius 2 is 1.95 bits per heavy atom. The Balaban J connectivity index is 2.40. The lowest BCUT2D eigenvalue weighted by atomic mass is 10.1. The molecule has 0 heterocycles. The molecule has 0 aliphatic heterocycles. The highest BCUT2D eigenvalue weighted by molar-refractivity contribution is 6.07. The summed E-state index contributed by atoms with van der Waals surface area (Å²) in [5, 5.41) is 8.76. The number of amides is 1. The Kier molecular flexibility index (Phi) is 4.70. The van der Waals surface area contributed by atoms with Crippen LogP contribution in [0.5, 0.6) is 0 Å². The van der Waals surface area contributed by atoms with Crippen molar-refractivity contribution in [2.24, 2.45) is 0 Å². The average molecular weight is 283 g/mol. The smallest absolute Gasteiger partial charge is 0.259 e. The van der Waals surface area contributed by atoms with Gasteiger partial charge in [-0.3, -0.25) is 4.79 Å². The van der Waals surface area contributed by atoms with E-state index < -0.39 is 5.82 Å². The third kappa shape index (κ3) is 3.47. The van der Waals surface area contributed by atoms with E-state index in [4.69, 9.17) is 5.11 Å². The zero-order chi connectivity index (χ0) is 15.2. The van der Waals surface area contributed by atoms with Gasteiger partial charge in [-0.25, -0.2) is 4.39 Å². The minimum absolute atomic E-state index is 0.169. The number of rotatable bonds is 2. The van der Waals surface area contributed by atoms with Gasteiger partial charge in [-0.05, 0) is 30.3 Å². The summed E-state index contributed by atoms with van der Waals surface area (Å²) >= 11 is 0. The van der Waals surface area contributed by atoms with Crippen molar-refractivity contribution in [2.45, 2.75) is 0 Å². The highest BCUT2D eigenvalue weighted by Gasteiger charge is 2.17. The van der Waals surface area contributed by atoms with Crippen LogP contribution in [0.2, 0.25) is 0 Å².